The Hall–Kier alpha value is -4.31. The summed E-state index contributed by atoms with van der Waals surface area (Å²) in [7, 11) is 0. The summed E-state index contributed by atoms with van der Waals surface area (Å²) >= 11 is 1.28. The van der Waals surface area contributed by atoms with E-state index in [1.54, 1.807) is 10.6 Å². The van der Waals surface area contributed by atoms with E-state index < -0.39 is 0 Å². The van der Waals surface area contributed by atoms with Gasteiger partial charge in [-0.3, -0.25) is 19.0 Å². The molecular formula is C36H41N5O4S. The Morgan fingerprint density at radius 3 is 2.30 bits per heavy atom. The van der Waals surface area contributed by atoms with E-state index in [0.29, 0.717) is 34.9 Å². The van der Waals surface area contributed by atoms with E-state index in [1.807, 2.05) is 60.4 Å². The van der Waals surface area contributed by atoms with Gasteiger partial charge in [-0.05, 0) is 87.1 Å². The van der Waals surface area contributed by atoms with Crippen LogP contribution in [0.1, 0.15) is 32.6 Å². The molecule has 2 amide bonds. The quantitative estimate of drug-likeness (QED) is 0.176. The third-order valence-electron chi connectivity index (χ3n) is 8.96. The van der Waals surface area contributed by atoms with Crippen LogP contribution < -0.4 is 20.5 Å². The summed E-state index contributed by atoms with van der Waals surface area (Å²) < 4.78 is 7.22. The van der Waals surface area contributed by atoms with Crippen molar-refractivity contribution in [1.82, 2.24) is 14.5 Å². The minimum absolute atomic E-state index is 0.0334. The molecule has 1 N–H and O–H groups in total. The van der Waals surface area contributed by atoms with Crippen molar-refractivity contribution in [2.75, 3.05) is 48.8 Å². The predicted octanol–water partition coefficient (Wildman–Crippen LogP) is 5.68. The van der Waals surface area contributed by atoms with Crippen LogP contribution in [0.4, 0.5) is 11.4 Å². The lowest BCUT2D eigenvalue weighted by molar-refractivity contribution is -0.137. The average Bonchev–Trinajstić information content (AvgIpc) is 3.10. The maximum absolute atomic E-state index is 13.7. The Labute approximate surface area is 273 Å². The number of fused-ring (bicyclic) bond motifs is 1. The zero-order valence-corrected chi connectivity index (χ0v) is 27.1. The molecule has 4 aromatic rings. The van der Waals surface area contributed by atoms with Crippen molar-refractivity contribution in [3.05, 3.63) is 89.2 Å². The molecule has 0 unspecified atom stereocenters. The molecule has 1 aliphatic carbocycles. The van der Waals surface area contributed by atoms with Crippen LogP contribution in [0.5, 0.6) is 5.75 Å². The standard InChI is InChI=1S/C36H41N5O4S/c1-2-45-30-18-16-28(17-19-30)37-33(42)25-46-36-38-32-11-7-6-10-31(32)35(44)41(36)24-26-12-14-27(15-13-26)34(43)40-22-20-39(21-23-40)29-8-4-3-5-9-29/h3-11,16-19,26-27H,2,12-15,20-25H2,1H3,(H,37,42). The number of piperazine rings is 1. The number of para-hydroxylation sites is 2. The van der Waals surface area contributed by atoms with Gasteiger partial charge in [-0.2, -0.15) is 0 Å². The number of thioether (sulfide) groups is 1. The second-order valence-electron chi connectivity index (χ2n) is 12.0. The van der Waals surface area contributed by atoms with Gasteiger partial charge in [-0.1, -0.05) is 42.1 Å². The summed E-state index contributed by atoms with van der Waals surface area (Å²) in [5.41, 5.74) is 2.43. The lowest BCUT2D eigenvalue weighted by atomic mass is 9.81. The minimum atomic E-state index is -0.174. The molecule has 6 rings (SSSR count). The zero-order valence-electron chi connectivity index (χ0n) is 26.3. The van der Waals surface area contributed by atoms with Crippen LogP contribution in [-0.4, -0.2) is 64.8 Å². The first kappa shape index (κ1) is 31.7. The van der Waals surface area contributed by atoms with Crippen molar-refractivity contribution in [2.45, 2.75) is 44.3 Å². The molecule has 1 saturated heterocycles. The number of amides is 2. The zero-order chi connectivity index (χ0) is 31.9. The minimum Gasteiger partial charge on any atom is -0.494 e. The first-order valence-corrected chi connectivity index (χ1v) is 17.2. The van der Waals surface area contributed by atoms with Crippen LogP contribution in [0.3, 0.4) is 0 Å². The summed E-state index contributed by atoms with van der Waals surface area (Å²) in [5, 5.41) is 4.03. The fraction of sp³-hybridized carbons (Fsp3) is 0.389. The van der Waals surface area contributed by atoms with Gasteiger partial charge in [-0.25, -0.2) is 4.98 Å². The van der Waals surface area contributed by atoms with Crippen LogP contribution in [0.25, 0.3) is 10.9 Å². The number of carbonyl (C=O) groups excluding carboxylic acids is 2. The van der Waals surface area contributed by atoms with Gasteiger partial charge in [0, 0.05) is 50.0 Å². The maximum Gasteiger partial charge on any atom is 0.262 e. The summed E-state index contributed by atoms with van der Waals surface area (Å²) in [6.45, 7) is 6.22. The number of benzene rings is 3. The summed E-state index contributed by atoms with van der Waals surface area (Å²) in [4.78, 5) is 49.2. The number of ether oxygens (including phenoxy) is 1. The number of hydrogen-bond donors (Lipinski definition) is 1. The lowest BCUT2D eigenvalue weighted by Crippen LogP contribution is -2.50. The number of rotatable bonds is 10. The molecule has 0 atom stereocenters. The Kier molecular flexibility index (Phi) is 10.2. The van der Waals surface area contributed by atoms with Gasteiger partial charge in [0.25, 0.3) is 5.56 Å². The Bertz CT molecular complexity index is 1700. The highest BCUT2D eigenvalue weighted by Gasteiger charge is 2.32. The van der Waals surface area contributed by atoms with Crippen molar-refractivity contribution in [3.63, 3.8) is 0 Å². The molecule has 3 aromatic carbocycles. The van der Waals surface area contributed by atoms with Gasteiger partial charge >= 0.3 is 0 Å². The average molecular weight is 640 g/mol. The van der Waals surface area contributed by atoms with Crippen molar-refractivity contribution in [1.29, 1.82) is 0 Å². The van der Waals surface area contributed by atoms with Gasteiger partial charge in [-0.15, -0.1) is 0 Å². The van der Waals surface area contributed by atoms with Gasteiger partial charge in [0.1, 0.15) is 5.75 Å². The molecule has 0 spiro atoms. The predicted molar refractivity (Wildman–Crippen MR) is 184 cm³/mol. The molecular weight excluding hydrogens is 598 g/mol. The number of anilines is 2. The highest BCUT2D eigenvalue weighted by Crippen LogP contribution is 2.32. The largest absolute Gasteiger partial charge is 0.494 e. The molecule has 240 valence electrons. The molecule has 2 fully saturated rings. The van der Waals surface area contributed by atoms with Crippen molar-refractivity contribution < 1.29 is 14.3 Å². The first-order valence-electron chi connectivity index (χ1n) is 16.2. The smallest absolute Gasteiger partial charge is 0.262 e. The lowest BCUT2D eigenvalue weighted by Gasteiger charge is -2.39. The summed E-state index contributed by atoms with van der Waals surface area (Å²) in [5.74, 6) is 1.26. The number of carbonyl (C=O) groups is 2. The molecule has 1 saturated carbocycles. The molecule has 2 aliphatic rings. The number of hydrogen-bond acceptors (Lipinski definition) is 7. The summed E-state index contributed by atoms with van der Waals surface area (Å²) in [6, 6.07) is 25.0. The van der Waals surface area contributed by atoms with E-state index in [9.17, 15) is 14.4 Å². The van der Waals surface area contributed by atoms with E-state index in [1.165, 1.54) is 17.4 Å². The van der Waals surface area contributed by atoms with Gasteiger partial charge < -0.3 is 19.9 Å². The second kappa shape index (κ2) is 14.9. The maximum atomic E-state index is 13.7. The van der Waals surface area contributed by atoms with E-state index in [-0.39, 0.29) is 35.0 Å². The van der Waals surface area contributed by atoms with Crippen LogP contribution in [0.2, 0.25) is 0 Å². The summed E-state index contributed by atoms with van der Waals surface area (Å²) in [6.07, 6.45) is 3.40. The van der Waals surface area contributed by atoms with Crippen LogP contribution in [-0.2, 0) is 16.1 Å². The SMILES string of the molecule is CCOc1ccc(NC(=O)CSc2nc3ccccc3c(=O)n2CC2CCC(C(=O)N3CCN(c4ccccc4)CC3)CC2)cc1. The molecule has 46 heavy (non-hydrogen) atoms. The molecule has 9 nitrogen and oxygen atoms in total. The third-order valence-corrected chi connectivity index (χ3v) is 9.93. The van der Waals surface area contributed by atoms with E-state index >= 15 is 0 Å². The van der Waals surface area contributed by atoms with Gasteiger partial charge in [0.15, 0.2) is 5.16 Å². The first-order chi connectivity index (χ1) is 22.5. The van der Waals surface area contributed by atoms with E-state index in [2.05, 4.69) is 34.5 Å². The Balaban J connectivity index is 1.06. The third kappa shape index (κ3) is 7.55. The molecule has 10 heteroatoms. The topological polar surface area (TPSA) is 96.8 Å². The van der Waals surface area contributed by atoms with Crippen LogP contribution in [0, 0.1) is 11.8 Å². The fourth-order valence-electron chi connectivity index (χ4n) is 6.48. The number of nitrogens with zero attached hydrogens (tertiary/aromatic N) is 4. The van der Waals surface area contributed by atoms with Crippen LogP contribution >= 0.6 is 11.8 Å². The van der Waals surface area contributed by atoms with E-state index in [4.69, 9.17) is 9.72 Å². The highest BCUT2D eigenvalue weighted by molar-refractivity contribution is 7.99. The normalized spacial score (nSPS) is 18.4. The van der Waals surface area contributed by atoms with Crippen molar-refractivity contribution in [2.24, 2.45) is 11.8 Å². The molecule has 0 radical (unpaired) electrons. The highest BCUT2D eigenvalue weighted by atomic mass is 32.2. The number of nitrogens with one attached hydrogen (secondary N) is 1. The van der Waals surface area contributed by atoms with E-state index in [0.717, 1.165) is 57.6 Å². The fourth-order valence-corrected chi connectivity index (χ4v) is 7.29. The molecule has 2 heterocycles. The van der Waals surface area contributed by atoms with Crippen LogP contribution in [0.15, 0.2) is 88.8 Å². The van der Waals surface area contributed by atoms with Gasteiger partial charge in [0.05, 0.1) is 23.3 Å². The second-order valence-corrected chi connectivity index (χ2v) is 12.9. The monoisotopic (exact) mass is 639 g/mol. The van der Waals surface area contributed by atoms with Crippen molar-refractivity contribution in [3.8, 4) is 5.75 Å². The molecule has 0 bridgehead atoms. The molecule has 1 aliphatic heterocycles. The van der Waals surface area contributed by atoms with Gasteiger partial charge in [0.2, 0.25) is 11.8 Å². The van der Waals surface area contributed by atoms with Crippen molar-refractivity contribution >= 4 is 45.9 Å². The number of aromatic nitrogens is 2. The Morgan fingerprint density at radius 2 is 1.59 bits per heavy atom. The molecule has 1 aromatic heterocycles. The Morgan fingerprint density at radius 1 is 0.891 bits per heavy atom.